The smallest absolute Gasteiger partial charge is 0.193 e. The quantitative estimate of drug-likeness (QED) is 0.397. The topological polar surface area (TPSA) is 44.7 Å². The molecule has 0 bridgehead atoms. The van der Waals surface area contributed by atoms with Crippen LogP contribution in [0.2, 0.25) is 0 Å². The molecule has 0 saturated carbocycles. The number of nitrogens with one attached hydrogen (secondary N) is 1. The molecule has 0 spiro atoms. The summed E-state index contributed by atoms with van der Waals surface area (Å²) < 4.78 is 11.9. The van der Waals surface area contributed by atoms with Crippen LogP contribution in [0.4, 0.5) is 0 Å². The third-order valence-corrected chi connectivity index (χ3v) is 5.51. The zero-order valence-corrected chi connectivity index (χ0v) is 18.9. The van der Waals surface area contributed by atoms with E-state index in [1.807, 2.05) is 27.8 Å². The predicted molar refractivity (Wildman–Crippen MR) is 117 cm³/mol. The van der Waals surface area contributed by atoms with Crippen LogP contribution in [0.1, 0.15) is 38.8 Å². The van der Waals surface area contributed by atoms with E-state index in [1.165, 1.54) is 11.1 Å². The molecule has 0 aliphatic heterocycles. The molecular weight excluding hydrogens is 433 g/mol. The molecule has 1 rings (SSSR count). The molecular formula is C18H32IN3OS. The first kappa shape index (κ1) is 23.4. The Labute approximate surface area is 167 Å². The Bertz CT molecular complexity index is 555. The van der Waals surface area contributed by atoms with Crippen LogP contribution in [0.5, 0.6) is 0 Å². The van der Waals surface area contributed by atoms with Gasteiger partial charge in [0.25, 0.3) is 0 Å². The maximum Gasteiger partial charge on any atom is 0.193 e. The molecule has 4 nitrogen and oxygen atoms in total. The average molecular weight is 465 g/mol. The SMILES string of the molecule is CCNC(=NCCS(=O)C(C)(C)C)N(C)Cc1ccccc1C.I. The number of hydrogen-bond donors (Lipinski definition) is 1. The van der Waals surface area contributed by atoms with Crippen LogP contribution < -0.4 is 5.32 Å². The molecule has 138 valence electrons. The van der Waals surface area contributed by atoms with E-state index in [1.54, 1.807) is 0 Å². The summed E-state index contributed by atoms with van der Waals surface area (Å²) in [4.78, 5) is 6.75. The molecule has 1 N–H and O–H groups in total. The second-order valence-corrected chi connectivity index (χ2v) is 9.00. The van der Waals surface area contributed by atoms with Crippen LogP contribution in [-0.2, 0) is 17.3 Å². The van der Waals surface area contributed by atoms with Crippen molar-refractivity contribution in [1.29, 1.82) is 0 Å². The minimum absolute atomic E-state index is 0. The van der Waals surface area contributed by atoms with Gasteiger partial charge in [-0.1, -0.05) is 24.3 Å². The van der Waals surface area contributed by atoms with Gasteiger partial charge in [0.1, 0.15) is 0 Å². The Hall–Kier alpha value is -0.630. The summed E-state index contributed by atoms with van der Waals surface area (Å²) in [5, 5.41) is 3.31. The van der Waals surface area contributed by atoms with Crippen molar-refractivity contribution in [2.75, 3.05) is 25.9 Å². The minimum Gasteiger partial charge on any atom is -0.357 e. The van der Waals surface area contributed by atoms with E-state index < -0.39 is 10.8 Å². The molecule has 24 heavy (non-hydrogen) atoms. The zero-order chi connectivity index (χ0) is 17.5. The van der Waals surface area contributed by atoms with E-state index in [-0.39, 0.29) is 28.7 Å². The summed E-state index contributed by atoms with van der Waals surface area (Å²) in [6, 6.07) is 8.39. The van der Waals surface area contributed by atoms with Crippen molar-refractivity contribution in [2.45, 2.75) is 45.9 Å². The highest BCUT2D eigenvalue weighted by Crippen LogP contribution is 2.11. The van der Waals surface area contributed by atoms with Crippen molar-refractivity contribution < 1.29 is 4.21 Å². The fraction of sp³-hybridized carbons (Fsp3) is 0.611. The highest BCUT2D eigenvalue weighted by atomic mass is 127. The molecule has 0 aliphatic carbocycles. The second kappa shape index (κ2) is 11.1. The normalized spacial score (nSPS) is 13.2. The van der Waals surface area contributed by atoms with E-state index >= 15 is 0 Å². The lowest BCUT2D eigenvalue weighted by molar-refractivity contribution is 0.476. The molecule has 0 aliphatic rings. The zero-order valence-electron chi connectivity index (χ0n) is 15.8. The van der Waals surface area contributed by atoms with Gasteiger partial charge in [-0.3, -0.25) is 9.20 Å². The summed E-state index contributed by atoms with van der Waals surface area (Å²) >= 11 is 0. The lowest BCUT2D eigenvalue weighted by Crippen LogP contribution is -2.39. The number of benzene rings is 1. The molecule has 0 amide bonds. The highest BCUT2D eigenvalue weighted by Gasteiger charge is 2.18. The third-order valence-electron chi connectivity index (χ3n) is 3.59. The molecule has 0 aromatic heterocycles. The number of halogens is 1. The van der Waals surface area contributed by atoms with Crippen molar-refractivity contribution in [2.24, 2.45) is 4.99 Å². The number of rotatable bonds is 6. The van der Waals surface area contributed by atoms with E-state index in [0.717, 1.165) is 19.0 Å². The van der Waals surface area contributed by atoms with Gasteiger partial charge in [-0.25, -0.2) is 0 Å². The summed E-state index contributed by atoms with van der Waals surface area (Å²) in [5.74, 6) is 1.46. The Kier molecular flexibility index (Phi) is 10.8. The van der Waals surface area contributed by atoms with E-state index in [9.17, 15) is 4.21 Å². The molecule has 1 aromatic carbocycles. The van der Waals surface area contributed by atoms with Gasteiger partial charge in [0.15, 0.2) is 5.96 Å². The third kappa shape index (κ3) is 7.96. The first-order valence-electron chi connectivity index (χ1n) is 8.18. The fourth-order valence-electron chi connectivity index (χ4n) is 2.13. The lowest BCUT2D eigenvalue weighted by atomic mass is 10.1. The summed E-state index contributed by atoms with van der Waals surface area (Å²) in [7, 11) is 1.17. The maximum absolute atomic E-state index is 12.1. The van der Waals surface area contributed by atoms with Gasteiger partial charge in [-0.2, -0.15) is 0 Å². The number of aryl methyl sites for hydroxylation is 1. The first-order valence-corrected chi connectivity index (χ1v) is 9.50. The predicted octanol–water partition coefficient (Wildman–Crippen LogP) is 3.56. The van der Waals surface area contributed by atoms with Crippen molar-refractivity contribution in [3.05, 3.63) is 35.4 Å². The Morgan fingerprint density at radius 1 is 1.29 bits per heavy atom. The van der Waals surface area contributed by atoms with Gasteiger partial charge in [-0.05, 0) is 45.7 Å². The summed E-state index contributed by atoms with van der Waals surface area (Å²) in [6.45, 7) is 12.4. The van der Waals surface area contributed by atoms with Crippen LogP contribution in [0, 0.1) is 6.92 Å². The molecule has 1 unspecified atom stereocenters. The van der Waals surface area contributed by atoms with Crippen LogP contribution in [0.25, 0.3) is 0 Å². The summed E-state index contributed by atoms with van der Waals surface area (Å²) in [5.41, 5.74) is 2.57. The van der Waals surface area contributed by atoms with E-state index in [2.05, 4.69) is 53.3 Å². The molecule has 6 heteroatoms. The van der Waals surface area contributed by atoms with E-state index in [4.69, 9.17) is 0 Å². The highest BCUT2D eigenvalue weighted by molar-refractivity contribution is 14.0. The summed E-state index contributed by atoms with van der Waals surface area (Å²) in [6.07, 6.45) is 0. The van der Waals surface area contributed by atoms with Gasteiger partial charge < -0.3 is 10.2 Å². The van der Waals surface area contributed by atoms with Gasteiger partial charge >= 0.3 is 0 Å². The Morgan fingerprint density at radius 3 is 2.46 bits per heavy atom. The lowest BCUT2D eigenvalue weighted by Gasteiger charge is -2.23. The van der Waals surface area contributed by atoms with Crippen molar-refractivity contribution in [1.82, 2.24) is 10.2 Å². The number of guanidine groups is 1. The largest absolute Gasteiger partial charge is 0.357 e. The molecule has 0 fully saturated rings. The van der Waals surface area contributed by atoms with Crippen LogP contribution >= 0.6 is 24.0 Å². The second-order valence-electron chi connectivity index (χ2n) is 6.68. The molecule has 0 heterocycles. The van der Waals surface area contributed by atoms with Gasteiger partial charge in [0.05, 0.1) is 6.54 Å². The molecule has 0 radical (unpaired) electrons. The molecule has 1 atom stereocenters. The van der Waals surface area contributed by atoms with Gasteiger partial charge in [0, 0.05) is 41.4 Å². The Balaban J connectivity index is 0.00000529. The van der Waals surface area contributed by atoms with E-state index in [0.29, 0.717) is 12.3 Å². The van der Waals surface area contributed by atoms with Crippen molar-refractivity contribution in [3.8, 4) is 0 Å². The molecule has 1 aromatic rings. The average Bonchev–Trinajstić information content (AvgIpc) is 2.47. The number of aliphatic imine (C=N–C) groups is 1. The van der Waals surface area contributed by atoms with Crippen LogP contribution in [-0.4, -0.2) is 45.7 Å². The monoisotopic (exact) mass is 465 g/mol. The van der Waals surface area contributed by atoms with Crippen LogP contribution in [0.15, 0.2) is 29.3 Å². The first-order chi connectivity index (χ1) is 10.8. The number of nitrogens with zero attached hydrogens (tertiary/aromatic N) is 2. The molecule has 0 saturated heterocycles. The number of hydrogen-bond acceptors (Lipinski definition) is 2. The minimum atomic E-state index is -0.866. The van der Waals surface area contributed by atoms with Crippen LogP contribution in [0.3, 0.4) is 0 Å². The van der Waals surface area contributed by atoms with Crippen molar-refractivity contribution >= 4 is 40.7 Å². The van der Waals surface area contributed by atoms with Crippen molar-refractivity contribution in [3.63, 3.8) is 0 Å². The maximum atomic E-state index is 12.1. The Morgan fingerprint density at radius 2 is 1.92 bits per heavy atom. The standard InChI is InChI=1S/C18H31N3OS.HI/c1-7-19-17(20-12-13-23(22)18(3,4)5)21(6)14-16-11-9-8-10-15(16)2;/h8-11H,7,12-14H2,1-6H3,(H,19,20);1H. The van der Waals surface area contributed by atoms with Gasteiger partial charge in [0.2, 0.25) is 0 Å². The van der Waals surface area contributed by atoms with Gasteiger partial charge in [-0.15, -0.1) is 24.0 Å². The fourth-order valence-corrected chi connectivity index (χ4v) is 3.00.